The standard InChI is InChI=1S/C8H14N4O/c1-13-6-5-10-7-3-2-4-8(11-7)12-9/h2-4H,5-6,9H2,1H3,(H2,10,11,12). The minimum atomic E-state index is 0.641. The molecule has 13 heavy (non-hydrogen) atoms. The van der Waals surface area contributed by atoms with Crippen LogP contribution in [0.2, 0.25) is 0 Å². The highest BCUT2D eigenvalue weighted by molar-refractivity contribution is 5.44. The van der Waals surface area contributed by atoms with Gasteiger partial charge in [-0.25, -0.2) is 10.8 Å². The molecule has 0 aliphatic rings. The second-order valence-corrected chi connectivity index (χ2v) is 2.47. The van der Waals surface area contributed by atoms with Crippen LogP contribution in [0.15, 0.2) is 18.2 Å². The number of nitrogens with zero attached hydrogens (tertiary/aromatic N) is 1. The Morgan fingerprint density at radius 3 is 2.92 bits per heavy atom. The van der Waals surface area contributed by atoms with E-state index >= 15 is 0 Å². The number of nitrogen functional groups attached to an aromatic ring is 1. The zero-order valence-corrected chi connectivity index (χ0v) is 7.58. The average molecular weight is 182 g/mol. The average Bonchev–Trinajstić information content (AvgIpc) is 2.19. The molecule has 0 saturated carbocycles. The zero-order valence-electron chi connectivity index (χ0n) is 7.58. The lowest BCUT2D eigenvalue weighted by atomic mass is 10.4. The number of anilines is 2. The molecule has 0 atom stereocenters. The third kappa shape index (κ3) is 3.27. The molecule has 72 valence electrons. The van der Waals surface area contributed by atoms with Gasteiger partial charge in [0.1, 0.15) is 11.6 Å². The SMILES string of the molecule is COCCNc1cccc(NN)n1. The fourth-order valence-electron chi connectivity index (χ4n) is 0.895. The number of hydrogen-bond donors (Lipinski definition) is 3. The van der Waals surface area contributed by atoms with Crippen molar-refractivity contribution < 1.29 is 4.74 Å². The molecule has 0 unspecified atom stereocenters. The first-order valence-electron chi connectivity index (χ1n) is 4.03. The number of nitrogens with two attached hydrogens (primary N) is 1. The van der Waals surface area contributed by atoms with Crippen LogP contribution in [0.1, 0.15) is 0 Å². The number of rotatable bonds is 5. The molecule has 0 spiro atoms. The first kappa shape index (κ1) is 9.76. The number of aromatic nitrogens is 1. The van der Waals surface area contributed by atoms with E-state index in [0.717, 1.165) is 12.4 Å². The molecule has 0 fully saturated rings. The summed E-state index contributed by atoms with van der Waals surface area (Å²) in [6.45, 7) is 1.39. The Bertz CT molecular complexity index is 254. The van der Waals surface area contributed by atoms with Crippen LogP contribution in [-0.2, 0) is 4.74 Å². The molecule has 1 aromatic rings. The van der Waals surface area contributed by atoms with Gasteiger partial charge in [-0.15, -0.1) is 0 Å². The summed E-state index contributed by atoms with van der Waals surface area (Å²) in [5, 5.41) is 3.09. The maximum absolute atomic E-state index is 5.21. The van der Waals surface area contributed by atoms with E-state index in [1.165, 1.54) is 0 Å². The topological polar surface area (TPSA) is 72.2 Å². The fraction of sp³-hybridized carbons (Fsp3) is 0.375. The van der Waals surface area contributed by atoms with Gasteiger partial charge in [0.2, 0.25) is 0 Å². The van der Waals surface area contributed by atoms with E-state index in [-0.39, 0.29) is 0 Å². The molecule has 5 nitrogen and oxygen atoms in total. The number of nitrogens with one attached hydrogen (secondary N) is 2. The molecular formula is C8H14N4O. The highest BCUT2D eigenvalue weighted by Gasteiger charge is 1.93. The van der Waals surface area contributed by atoms with Gasteiger partial charge in [-0.1, -0.05) is 6.07 Å². The molecule has 0 aromatic carbocycles. The van der Waals surface area contributed by atoms with Crippen molar-refractivity contribution in [2.75, 3.05) is 31.0 Å². The lowest BCUT2D eigenvalue weighted by Crippen LogP contribution is -2.12. The Balaban J connectivity index is 2.46. The van der Waals surface area contributed by atoms with Gasteiger partial charge in [0.05, 0.1) is 6.61 Å². The highest BCUT2D eigenvalue weighted by atomic mass is 16.5. The first-order valence-corrected chi connectivity index (χ1v) is 4.03. The minimum absolute atomic E-state index is 0.641. The summed E-state index contributed by atoms with van der Waals surface area (Å²) in [7, 11) is 1.66. The van der Waals surface area contributed by atoms with Crippen molar-refractivity contribution in [1.29, 1.82) is 0 Å². The molecule has 1 aromatic heterocycles. The molecule has 0 amide bonds. The second kappa shape index (κ2) is 5.34. The van der Waals surface area contributed by atoms with Crippen LogP contribution in [0, 0.1) is 0 Å². The zero-order chi connectivity index (χ0) is 9.52. The largest absolute Gasteiger partial charge is 0.383 e. The number of hydrogen-bond acceptors (Lipinski definition) is 5. The molecule has 0 radical (unpaired) electrons. The van der Waals surface area contributed by atoms with E-state index in [2.05, 4.69) is 15.7 Å². The van der Waals surface area contributed by atoms with Crippen molar-refractivity contribution in [1.82, 2.24) is 4.98 Å². The lowest BCUT2D eigenvalue weighted by molar-refractivity contribution is 0.210. The van der Waals surface area contributed by atoms with Crippen LogP contribution in [0.5, 0.6) is 0 Å². The van der Waals surface area contributed by atoms with Gasteiger partial charge < -0.3 is 15.5 Å². The summed E-state index contributed by atoms with van der Waals surface area (Å²) in [5.74, 6) is 6.63. The molecule has 4 N–H and O–H groups in total. The Kier molecular flexibility index (Phi) is 4.01. The van der Waals surface area contributed by atoms with Crippen molar-refractivity contribution in [3.63, 3.8) is 0 Å². The van der Waals surface area contributed by atoms with E-state index in [4.69, 9.17) is 10.6 Å². The summed E-state index contributed by atoms with van der Waals surface area (Å²) in [6, 6.07) is 5.54. The van der Waals surface area contributed by atoms with E-state index in [9.17, 15) is 0 Å². The minimum Gasteiger partial charge on any atom is -0.383 e. The number of pyridine rings is 1. The van der Waals surface area contributed by atoms with Gasteiger partial charge in [-0.05, 0) is 12.1 Å². The van der Waals surface area contributed by atoms with Crippen LogP contribution in [-0.4, -0.2) is 25.2 Å². The first-order chi connectivity index (χ1) is 6.36. The van der Waals surface area contributed by atoms with Gasteiger partial charge in [0, 0.05) is 13.7 Å². The van der Waals surface area contributed by atoms with Gasteiger partial charge in [-0.2, -0.15) is 0 Å². The van der Waals surface area contributed by atoms with Crippen molar-refractivity contribution in [2.45, 2.75) is 0 Å². The molecule has 5 heteroatoms. The van der Waals surface area contributed by atoms with Gasteiger partial charge in [-0.3, -0.25) is 0 Å². The van der Waals surface area contributed by atoms with Crippen LogP contribution >= 0.6 is 0 Å². The number of methoxy groups -OCH3 is 1. The van der Waals surface area contributed by atoms with Crippen LogP contribution < -0.4 is 16.6 Å². The molecule has 1 heterocycles. The third-order valence-corrected chi connectivity index (χ3v) is 1.51. The van der Waals surface area contributed by atoms with Gasteiger partial charge >= 0.3 is 0 Å². The Morgan fingerprint density at radius 1 is 1.46 bits per heavy atom. The Labute approximate surface area is 77.3 Å². The summed E-state index contributed by atoms with van der Waals surface area (Å²) in [5.41, 5.74) is 2.48. The molecule has 0 saturated heterocycles. The summed E-state index contributed by atoms with van der Waals surface area (Å²) in [6.07, 6.45) is 0. The predicted molar refractivity (Wildman–Crippen MR) is 52.4 cm³/mol. The van der Waals surface area contributed by atoms with E-state index in [1.54, 1.807) is 13.2 Å². The van der Waals surface area contributed by atoms with Gasteiger partial charge in [0.15, 0.2) is 0 Å². The summed E-state index contributed by atoms with van der Waals surface area (Å²) in [4.78, 5) is 4.16. The third-order valence-electron chi connectivity index (χ3n) is 1.51. The lowest BCUT2D eigenvalue weighted by Gasteiger charge is -2.05. The Hall–Kier alpha value is -1.33. The maximum atomic E-state index is 5.21. The molecule has 0 aliphatic carbocycles. The number of hydrazine groups is 1. The van der Waals surface area contributed by atoms with E-state index in [0.29, 0.717) is 12.4 Å². The van der Waals surface area contributed by atoms with Crippen molar-refractivity contribution >= 4 is 11.6 Å². The smallest absolute Gasteiger partial charge is 0.142 e. The number of ether oxygens (including phenoxy) is 1. The second-order valence-electron chi connectivity index (χ2n) is 2.47. The van der Waals surface area contributed by atoms with Crippen molar-refractivity contribution in [3.8, 4) is 0 Å². The van der Waals surface area contributed by atoms with Crippen molar-refractivity contribution in [3.05, 3.63) is 18.2 Å². The molecule has 0 bridgehead atoms. The summed E-state index contributed by atoms with van der Waals surface area (Å²) >= 11 is 0. The van der Waals surface area contributed by atoms with Crippen molar-refractivity contribution in [2.24, 2.45) is 5.84 Å². The highest BCUT2D eigenvalue weighted by Crippen LogP contribution is 2.06. The van der Waals surface area contributed by atoms with Crippen LogP contribution in [0.4, 0.5) is 11.6 Å². The van der Waals surface area contributed by atoms with Crippen LogP contribution in [0.25, 0.3) is 0 Å². The normalized spacial score (nSPS) is 9.69. The van der Waals surface area contributed by atoms with E-state index < -0.39 is 0 Å². The quantitative estimate of drug-likeness (QED) is 0.350. The Morgan fingerprint density at radius 2 is 2.23 bits per heavy atom. The monoisotopic (exact) mass is 182 g/mol. The van der Waals surface area contributed by atoms with Crippen LogP contribution in [0.3, 0.4) is 0 Å². The molecule has 1 rings (SSSR count). The molecule has 0 aliphatic heterocycles. The maximum Gasteiger partial charge on any atom is 0.142 e. The molecular weight excluding hydrogens is 168 g/mol. The fourth-order valence-corrected chi connectivity index (χ4v) is 0.895. The van der Waals surface area contributed by atoms with E-state index in [1.807, 2.05) is 12.1 Å². The van der Waals surface area contributed by atoms with Gasteiger partial charge in [0.25, 0.3) is 0 Å². The summed E-state index contributed by atoms with van der Waals surface area (Å²) < 4.78 is 4.89. The predicted octanol–water partition coefficient (Wildman–Crippen LogP) is 0.425.